The standard InChI is InChI=1S/C21H20F2N4OS/c22-16-7-3-13(4-8-16)19(14-5-9-17(23)10-6-14)29-21-26-25-20(15-1-2-15)27(21)12-11-18(24)28/h3-10,15,19H,1-2,11-12H2,(H2,24,28). The van der Waals surface area contributed by atoms with Gasteiger partial charge in [0.2, 0.25) is 5.91 Å². The third kappa shape index (κ3) is 4.64. The first kappa shape index (κ1) is 19.6. The number of halogens is 2. The van der Waals surface area contributed by atoms with Crippen molar-refractivity contribution in [2.75, 3.05) is 0 Å². The fraction of sp³-hybridized carbons (Fsp3) is 0.286. The Bertz CT molecular complexity index is 955. The van der Waals surface area contributed by atoms with Crippen molar-refractivity contribution in [1.82, 2.24) is 14.8 Å². The highest BCUT2D eigenvalue weighted by molar-refractivity contribution is 7.99. The molecular weight excluding hydrogens is 394 g/mol. The number of primary amides is 1. The van der Waals surface area contributed by atoms with Crippen LogP contribution in [0.15, 0.2) is 53.7 Å². The van der Waals surface area contributed by atoms with Gasteiger partial charge in [0.1, 0.15) is 17.5 Å². The molecule has 0 saturated heterocycles. The summed E-state index contributed by atoms with van der Waals surface area (Å²) in [7, 11) is 0. The van der Waals surface area contributed by atoms with Crippen LogP contribution in [0.1, 0.15) is 47.4 Å². The van der Waals surface area contributed by atoms with Gasteiger partial charge in [-0.05, 0) is 48.2 Å². The minimum absolute atomic E-state index is 0.198. The predicted molar refractivity (Wildman–Crippen MR) is 106 cm³/mol. The number of benzene rings is 2. The highest BCUT2D eigenvalue weighted by atomic mass is 32.2. The Balaban J connectivity index is 1.69. The van der Waals surface area contributed by atoms with E-state index in [2.05, 4.69) is 10.2 Å². The van der Waals surface area contributed by atoms with Crippen LogP contribution in [0, 0.1) is 11.6 Å². The lowest BCUT2D eigenvalue weighted by Gasteiger charge is -2.18. The summed E-state index contributed by atoms with van der Waals surface area (Å²) in [6, 6.07) is 12.5. The summed E-state index contributed by atoms with van der Waals surface area (Å²) in [6.45, 7) is 0.413. The van der Waals surface area contributed by atoms with Crippen molar-refractivity contribution >= 4 is 17.7 Å². The van der Waals surface area contributed by atoms with Gasteiger partial charge in [0.25, 0.3) is 0 Å². The van der Waals surface area contributed by atoms with E-state index in [0.717, 1.165) is 29.8 Å². The molecule has 1 aliphatic carbocycles. The molecule has 29 heavy (non-hydrogen) atoms. The maximum absolute atomic E-state index is 13.4. The molecule has 1 saturated carbocycles. The van der Waals surface area contributed by atoms with Gasteiger partial charge in [-0.3, -0.25) is 4.79 Å². The average molecular weight is 414 g/mol. The maximum Gasteiger partial charge on any atom is 0.219 e. The van der Waals surface area contributed by atoms with E-state index in [0.29, 0.717) is 17.6 Å². The van der Waals surface area contributed by atoms with Gasteiger partial charge in [-0.15, -0.1) is 10.2 Å². The van der Waals surface area contributed by atoms with Crippen LogP contribution in [-0.2, 0) is 11.3 Å². The van der Waals surface area contributed by atoms with Crippen LogP contribution in [0.2, 0.25) is 0 Å². The molecule has 2 aromatic carbocycles. The first-order valence-corrected chi connectivity index (χ1v) is 10.3. The molecule has 5 nitrogen and oxygen atoms in total. The Labute approximate surface area is 171 Å². The SMILES string of the molecule is NC(=O)CCn1c(SC(c2ccc(F)cc2)c2ccc(F)cc2)nnc1C1CC1. The third-order valence-electron chi connectivity index (χ3n) is 4.84. The van der Waals surface area contributed by atoms with Gasteiger partial charge in [-0.1, -0.05) is 36.0 Å². The summed E-state index contributed by atoms with van der Waals surface area (Å²) in [5.41, 5.74) is 7.06. The Morgan fingerprint density at radius 1 is 1.03 bits per heavy atom. The topological polar surface area (TPSA) is 73.8 Å². The highest BCUT2D eigenvalue weighted by Crippen LogP contribution is 2.43. The molecule has 0 atom stereocenters. The summed E-state index contributed by atoms with van der Waals surface area (Å²) in [4.78, 5) is 11.3. The number of nitrogens with zero attached hydrogens (tertiary/aromatic N) is 3. The number of thioether (sulfide) groups is 1. The normalized spacial score (nSPS) is 13.8. The Hall–Kier alpha value is -2.74. The third-order valence-corrected chi connectivity index (χ3v) is 6.13. The number of hydrogen-bond donors (Lipinski definition) is 1. The van der Waals surface area contributed by atoms with Crippen LogP contribution in [0.25, 0.3) is 0 Å². The number of carbonyl (C=O) groups is 1. The summed E-state index contributed by atoms with van der Waals surface area (Å²) in [5, 5.41) is 9.12. The Morgan fingerprint density at radius 2 is 1.59 bits per heavy atom. The van der Waals surface area contributed by atoms with Gasteiger partial charge in [-0.25, -0.2) is 8.78 Å². The molecular formula is C21H20F2N4OS. The molecule has 1 amide bonds. The smallest absolute Gasteiger partial charge is 0.219 e. The van der Waals surface area contributed by atoms with Crippen LogP contribution in [-0.4, -0.2) is 20.7 Å². The number of aromatic nitrogens is 3. The molecule has 0 unspecified atom stereocenters. The average Bonchev–Trinajstić information content (AvgIpc) is 3.47. The molecule has 1 heterocycles. The number of hydrogen-bond acceptors (Lipinski definition) is 4. The van der Waals surface area contributed by atoms with Crippen molar-refractivity contribution in [2.24, 2.45) is 5.73 Å². The molecule has 3 aromatic rings. The second-order valence-electron chi connectivity index (χ2n) is 7.08. The van der Waals surface area contributed by atoms with E-state index >= 15 is 0 Å². The van der Waals surface area contributed by atoms with Crippen molar-refractivity contribution in [1.29, 1.82) is 0 Å². The number of rotatable bonds is 8. The highest BCUT2D eigenvalue weighted by Gasteiger charge is 2.31. The second-order valence-corrected chi connectivity index (χ2v) is 8.16. The van der Waals surface area contributed by atoms with Gasteiger partial charge in [0.15, 0.2) is 5.16 Å². The quantitative estimate of drug-likeness (QED) is 0.561. The molecule has 8 heteroatoms. The maximum atomic E-state index is 13.4. The molecule has 1 fully saturated rings. The number of nitrogens with two attached hydrogens (primary N) is 1. The zero-order chi connectivity index (χ0) is 20.4. The van der Waals surface area contributed by atoms with E-state index in [9.17, 15) is 13.6 Å². The van der Waals surface area contributed by atoms with Crippen LogP contribution >= 0.6 is 11.8 Å². The molecule has 150 valence electrons. The first-order chi connectivity index (χ1) is 14.0. The lowest BCUT2D eigenvalue weighted by atomic mass is 10.0. The van der Waals surface area contributed by atoms with Gasteiger partial charge in [0, 0.05) is 18.9 Å². The fourth-order valence-electron chi connectivity index (χ4n) is 3.17. The molecule has 0 bridgehead atoms. The van der Waals surface area contributed by atoms with Crippen LogP contribution < -0.4 is 5.73 Å². The van der Waals surface area contributed by atoms with Crippen LogP contribution in [0.4, 0.5) is 8.78 Å². The molecule has 0 aliphatic heterocycles. The van der Waals surface area contributed by atoms with Crippen molar-refractivity contribution in [3.63, 3.8) is 0 Å². The van der Waals surface area contributed by atoms with Crippen molar-refractivity contribution in [3.8, 4) is 0 Å². The minimum Gasteiger partial charge on any atom is -0.370 e. The van der Waals surface area contributed by atoms with E-state index in [1.807, 2.05) is 4.57 Å². The molecule has 2 N–H and O–H groups in total. The molecule has 0 radical (unpaired) electrons. The van der Waals surface area contributed by atoms with Crippen molar-refractivity contribution in [2.45, 2.75) is 42.1 Å². The van der Waals surface area contributed by atoms with E-state index < -0.39 is 0 Å². The van der Waals surface area contributed by atoms with E-state index in [1.165, 1.54) is 36.0 Å². The minimum atomic E-state index is -0.384. The molecule has 1 aromatic heterocycles. The van der Waals surface area contributed by atoms with E-state index in [4.69, 9.17) is 5.73 Å². The number of amides is 1. The fourth-order valence-corrected chi connectivity index (χ4v) is 4.37. The largest absolute Gasteiger partial charge is 0.370 e. The predicted octanol–water partition coefficient (Wildman–Crippen LogP) is 4.19. The zero-order valence-corrected chi connectivity index (χ0v) is 16.4. The Kier molecular flexibility index (Phi) is 5.62. The summed E-state index contributed by atoms with van der Waals surface area (Å²) < 4.78 is 28.8. The van der Waals surface area contributed by atoms with E-state index in [-0.39, 0.29) is 29.2 Å². The molecule has 0 spiro atoms. The van der Waals surface area contributed by atoms with Gasteiger partial charge < -0.3 is 10.3 Å². The van der Waals surface area contributed by atoms with Crippen molar-refractivity contribution in [3.05, 3.63) is 77.1 Å². The van der Waals surface area contributed by atoms with E-state index in [1.54, 1.807) is 24.3 Å². The van der Waals surface area contributed by atoms with Gasteiger partial charge in [0.05, 0.1) is 5.25 Å². The van der Waals surface area contributed by atoms with Crippen LogP contribution in [0.5, 0.6) is 0 Å². The van der Waals surface area contributed by atoms with Crippen LogP contribution in [0.3, 0.4) is 0 Å². The molecule has 1 aliphatic rings. The Morgan fingerprint density at radius 3 is 2.07 bits per heavy atom. The summed E-state index contributed by atoms with van der Waals surface area (Å²) in [6.07, 6.45) is 2.31. The summed E-state index contributed by atoms with van der Waals surface area (Å²) in [5.74, 6) is 0.199. The number of carbonyl (C=O) groups excluding carboxylic acids is 1. The lowest BCUT2D eigenvalue weighted by molar-refractivity contribution is -0.118. The summed E-state index contributed by atoms with van der Waals surface area (Å²) >= 11 is 1.44. The lowest BCUT2D eigenvalue weighted by Crippen LogP contribution is -2.15. The van der Waals surface area contributed by atoms with Crippen molar-refractivity contribution < 1.29 is 13.6 Å². The van der Waals surface area contributed by atoms with Gasteiger partial charge in [-0.2, -0.15) is 0 Å². The first-order valence-electron chi connectivity index (χ1n) is 9.40. The van der Waals surface area contributed by atoms with Gasteiger partial charge >= 0.3 is 0 Å². The second kappa shape index (κ2) is 8.32. The molecule has 4 rings (SSSR count). The zero-order valence-electron chi connectivity index (χ0n) is 15.6. The monoisotopic (exact) mass is 414 g/mol.